The zero-order chi connectivity index (χ0) is 30.4. The van der Waals surface area contributed by atoms with Crippen molar-refractivity contribution < 1.29 is 18.8 Å². The molecule has 2 fully saturated rings. The van der Waals surface area contributed by atoms with Crippen molar-refractivity contribution in [2.75, 3.05) is 6.54 Å². The van der Waals surface area contributed by atoms with Gasteiger partial charge in [0.05, 0.1) is 12.1 Å². The maximum atomic E-state index is 15.0. The topological polar surface area (TPSA) is 110 Å². The molecule has 2 aromatic heterocycles. The van der Waals surface area contributed by atoms with Crippen LogP contribution in [-0.4, -0.2) is 60.9 Å². The number of carbonyl (C=O) groups excluding carboxylic acids is 3. The molecule has 0 bridgehead atoms. The highest BCUT2D eigenvalue weighted by Crippen LogP contribution is 2.48. The van der Waals surface area contributed by atoms with Crippen LogP contribution in [0.3, 0.4) is 0 Å². The van der Waals surface area contributed by atoms with Crippen LogP contribution >= 0.6 is 11.6 Å². The Morgan fingerprint density at radius 1 is 1.05 bits per heavy atom. The Kier molecular flexibility index (Phi) is 7.56. The van der Waals surface area contributed by atoms with Crippen molar-refractivity contribution in [3.63, 3.8) is 0 Å². The van der Waals surface area contributed by atoms with E-state index in [4.69, 9.17) is 11.6 Å². The Morgan fingerprint density at radius 3 is 2.53 bits per heavy atom. The number of likely N-dealkylation sites (tertiary alicyclic amines) is 1. The molecule has 2 amide bonds. The molecule has 3 heterocycles. The lowest BCUT2D eigenvalue weighted by atomic mass is 10.0. The smallest absolute Gasteiger partial charge is 0.245 e. The van der Waals surface area contributed by atoms with E-state index in [1.165, 1.54) is 11.6 Å². The lowest BCUT2D eigenvalue weighted by Crippen LogP contribution is -2.49. The number of aryl methyl sites for hydroxylation is 1. The van der Waals surface area contributed by atoms with Gasteiger partial charge in [0.15, 0.2) is 5.78 Å². The number of hydrogen-bond donors (Lipinski definition) is 1. The van der Waals surface area contributed by atoms with Crippen LogP contribution in [0.5, 0.6) is 0 Å². The predicted molar refractivity (Wildman–Crippen MR) is 161 cm³/mol. The number of nitrogens with one attached hydrogen (secondary N) is 1. The van der Waals surface area contributed by atoms with Crippen LogP contribution in [-0.2, 0) is 16.1 Å². The molecule has 2 aromatic carbocycles. The lowest BCUT2D eigenvalue weighted by Gasteiger charge is -2.27. The van der Waals surface area contributed by atoms with E-state index in [1.54, 1.807) is 55.4 Å². The summed E-state index contributed by atoms with van der Waals surface area (Å²) in [7, 11) is 0. The molecule has 1 unspecified atom stereocenters. The number of nitrogens with zero attached hydrogens (tertiary/aromatic N) is 5. The number of halogens is 2. The first-order chi connectivity index (χ1) is 20.6. The number of rotatable bonds is 8. The molecule has 1 saturated heterocycles. The maximum absolute atomic E-state index is 15.0. The number of hydrogen-bond acceptors (Lipinski definition) is 6. The molecule has 4 aromatic rings. The van der Waals surface area contributed by atoms with Gasteiger partial charge in [-0.3, -0.25) is 19.1 Å². The second kappa shape index (κ2) is 11.3. The highest BCUT2D eigenvalue weighted by molar-refractivity contribution is 6.30. The molecule has 0 radical (unpaired) electrons. The van der Waals surface area contributed by atoms with E-state index in [9.17, 15) is 18.8 Å². The van der Waals surface area contributed by atoms with Gasteiger partial charge < -0.3 is 10.2 Å². The van der Waals surface area contributed by atoms with Gasteiger partial charge in [-0.25, -0.2) is 14.4 Å². The third-order valence-electron chi connectivity index (χ3n) is 8.26. The fraction of sp³-hybridized carbons (Fsp3) is 0.312. The molecule has 1 aliphatic carbocycles. The molecule has 0 spiro atoms. The first kappa shape index (κ1) is 28.7. The average molecular weight is 601 g/mol. The molecule has 1 saturated carbocycles. The maximum Gasteiger partial charge on any atom is 0.245 e. The van der Waals surface area contributed by atoms with Crippen LogP contribution in [0.15, 0.2) is 60.7 Å². The summed E-state index contributed by atoms with van der Waals surface area (Å²) in [6.07, 6.45) is 4.80. The van der Waals surface area contributed by atoms with Crippen molar-refractivity contribution in [2.24, 2.45) is 5.92 Å². The Bertz CT molecular complexity index is 1800. The molecule has 3 atom stereocenters. The van der Waals surface area contributed by atoms with Crippen molar-refractivity contribution in [3.8, 4) is 11.1 Å². The Balaban J connectivity index is 1.20. The van der Waals surface area contributed by atoms with Gasteiger partial charge in [-0.2, -0.15) is 5.10 Å². The number of amides is 2. The Hall–Kier alpha value is -4.44. The van der Waals surface area contributed by atoms with Crippen molar-refractivity contribution >= 4 is 45.7 Å². The van der Waals surface area contributed by atoms with E-state index in [0.29, 0.717) is 39.3 Å². The van der Waals surface area contributed by atoms with Gasteiger partial charge in [0.2, 0.25) is 11.8 Å². The molecule has 11 heteroatoms. The molecular formula is C32H30ClFN6O3. The van der Waals surface area contributed by atoms with Crippen LogP contribution in [0.25, 0.3) is 27.6 Å². The highest BCUT2D eigenvalue weighted by atomic mass is 35.5. The van der Waals surface area contributed by atoms with Gasteiger partial charge >= 0.3 is 0 Å². The van der Waals surface area contributed by atoms with E-state index in [1.807, 2.05) is 18.2 Å². The number of allylic oxidation sites excluding steroid dienone is 1. The summed E-state index contributed by atoms with van der Waals surface area (Å²) >= 11 is 6.03. The number of carbonyl (C=O) groups is 3. The third kappa shape index (κ3) is 5.67. The largest absolute Gasteiger partial charge is 0.348 e. The van der Waals surface area contributed by atoms with Gasteiger partial charge in [-0.15, -0.1) is 0 Å². The quantitative estimate of drug-likeness (QED) is 0.280. The predicted octanol–water partition coefficient (Wildman–Crippen LogP) is 5.16. The monoisotopic (exact) mass is 600 g/mol. The van der Waals surface area contributed by atoms with Gasteiger partial charge in [-0.05, 0) is 73.6 Å². The molecule has 9 nitrogen and oxygen atoms in total. The second-order valence-corrected chi connectivity index (χ2v) is 11.6. The molecule has 1 aliphatic heterocycles. The summed E-state index contributed by atoms with van der Waals surface area (Å²) in [5.41, 5.74) is 3.53. The normalized spacial score (nSPS) is 19.7. The minimum Gasteiger partial charge on any atom is -0.348 e. The first-order valence-electron chi connectivity index (χ1n) is 14.1. The molecular weight excluding hydrogens is 571 g/mol. The van der Waals surface area contributed by atoms with E-state index < -0.39 is 17.8 Å². The summed E-state index contributed by atoms with van der Waals surface area (Å²) < 4.78 is 16.5. The van der Waals surface area contributed by atoms with E-state index in [-0.39, 0.29) is 42.4 Å². The highest BCUT2D eigenvalue weighted by Gasteiger charge is 2.56. The summed E-state index contributed by atoms with van der Waals surface area (Å²) in [6.45, 7) is 4.46. The zero-order valence-corrected chi connectivity index (χ0v) is 24.7. The van der Waals surface area contributed by atoms with Crippen molar-refractivity contribution in [2.45, 2.75) is 52.2 Å². The van der Waals surface area contributed by atoms with Crippen molar-refractivity contribution in [3.05, 3.63) is 82.8 Å². The van der Waals surface area contributed by atoms with Gasteiger partial charge in [0, 0.05) is 41.3 Å². The SMILES string of the molecule is CC(=O)c1nn(CC(=O)N2[C@@H]3CC3C[C@H]2C(=O)NC/C(F)=C(\C)c2cccc(Cl)c2)c2ccc(-c3cnc(C)nc3)cc12. The fourth-order valence-corrected chi connectivity index (χ4v) is 6.02. The molecule has 2 aliphatic rings. The standard InChI is InChI=1S/C32H30ClFN6O3/c1-17(20-5-4-6-24(33)9-20)26(34)15-37-32(43)29-12-22-11-28(22)40(29)30(42)16-39-27-8-7-21(23-13-35-19(3)36-14-23)10-25(27)31(38-39)18(2)41/h4-10,13-14,22,28-29H,11-12,15-16H2,1-3H3,(H,37,43)/b26-17-/t22?,28-,29+/m1/s1. The number of piperidine rings is 1. The van der Waals surface area contributed by atoms with Crippen molar-refractivity contribution in [1.82, 2.24) is 30.0 Å². The van der Waals surface area contributed by atoms with Gasteiger partial charge in [-0.1, -0.05) is 29.8 Å². The van der Waals surface area contributed by atoms with Crippen LogP contribution in [0.4, 0.5) is 4.39 Å². The van der Waals surface area contributed by atoms with Crippen molar-refractivity contribution in [1.29, 1.82) is 0 Å². The van der Waals surface area contributed by atoms with E-state index in [0.717, 1.165) is 17.5 Å². The fourth-order valence-electron chi connectivity index (χ4n) is 5.83. The summed E-state index contributed by atoms with van der Waals surface area (Å²) in [4.78, 5) is 49.5. The van der Waals surface area contributed by atoms with E-state index >= 15 is 0 Å². The number of aromatic nitrogens is 4. The number of ketones is 1. The van der Waals surface area contributed by atoms with Gasteiger partial charge in [0.1, 0.15) is 29.9 Å². The van der Waals surface area contributed by atoms with Crippen LogP contribution in [0.2, 0.25) is 5.02 Å². The second-order valence-electron chi connectivity index (χ2n) is 11.2. The third-order valence-corrected chi connectivity index (χ3v) is 8.50. The van der Waals surface area contributed by atoms with E-state index in [2.05, 4.69) is 20.4 Å². The molecule has 220 valence electrons. The Morgan fingerprint density at radius 2 is 1.81 bits per heavy atom. The van der Waals surface area contributed by atoms with Crippen LogP contribution < -0.4 is 5.32 Å². The summed E-state index contributed by atoms with van der Waals surface area (Å²) in [5.74, 6) is -0.470. The first-order valence-corrected chi connectivity index (χ1v) is 14.5. The number of Topliss-reactive ketones (excluding diaryl/α,β-unsaturated/α-hetero) is 1. The summed E-state index contributed by atoms with van der Waals surface area (Å²) in [6, 6.07) is 11.7. The van der Waals surface area contributed by atoms with Gasteiger partial charge in [0.25, 0.3) is 0 Å². The summed E-state index contributed by atoms with van der Waals surface area (Å²) in [5, 5.41) is 8.29. The average Bonchev–Trinajstić information content (AvgIpc) is 3.50. The number of benzene rings is 2. The molecule has 1 N–H and O–H groups in total. The molecule has 43 heavy (non-hydrogen) atoms. The Labute approximate surface area is 252 Å². The number of fused-ring (bicyclic) bond motifs is 2. The zero-order valence-electron chi connectivity index (χ0n) is 24.0. The van der Waals surface area contributed by atoms with Crippen LogP contribution in [0, 0.1) is 12.8 Å². The minimum atomic E-state index is -0.697. The molecule has 6 rings (SSSR count). The van der Waals surface area contributed by atoms with Crippen LogP contribution in [0.1, 0.15) is 48.6 Å². The lowest BCUT2D eigenvalue weighted by molar-refractivity contribution is -0.140. The minimum absolute atomic E-state index is 0.0286.